The molecule has 0 aromatic heterocycles. The molecule has 2 rings (SSSR count). The lowest BCUT2D eigenvalue weighted by molar-refractivity contribution is -0.145. The highest BCUT2D eigenvalue weighted by Gasteiger charge is 2.67. The van der Waals surface area contributed by atoms with Gasteiger partial charge in [-0.05, 0) is 6.92 Å². The molecule has 80 valence electrons. The highest BCUT2D eigenvalue weighted by molar-refractivity contribution is 7.91. The van der Waals surface area contributed by atoms with Crippen LogP contribution >= 0.6 is 0 Å². The summed E-state index contributed by atoms with van der Waals surface area (Å²) in [4.78, 5) is 11.4. The van der Waals surface area contributed by atoms with Crippen molar-refractivity contribution in [2.45, 2.75) is 6.92 Å². The first-order chi connectivity index (χ1) is 6.35. The third-order valence-corrected chi connectivity index (χ3v) is 5.42. The number of cyclic esters (lactones) is 1. The van der Waals surface area contributed by atoms with Gasteiger partial charge in [0, 0.05) is 0 Å². The maximum absolute atomic E-state index is 11.4. The number of carbonyl (C=O) groups excluding carboxylic acids is 1. The lowest BCUT2D eigenvalue weighted by Gasteiger charge is -2.28. The SMILES string of the molecule is C[C@]12CS(=O)(=O)C[C@@]1(CO)COC2=O. The van der Waals surface area contributed by atoms with Crippen LogP contribution in [0, 0.1) is 10.8 Å². The molecule has 2 fully saturated rings. The van der Waals surface area contributed by atoms with E-state index in [1.54, 1.807) is 6.92 Å². The second-order valence-electron chi connectivity index (χ2n) is 4.38. The van der Waals surface area contributed by atoms with E-state index in [9.17, 15) is 18.3 Å². The molecule has 2 atom stereocenters. The van der Waals surface area contributed by atoms with Gasteiger partial charge in [-0.1, -0.05) is 0 Å². The van der Waals surface area contributed by atoms with E-state index in [1.165, 1.54) is 0 Å². The van der Waals surface area contributed by atoms with Gasteiger partial charge in [-0.25, -0.2) is 8.42 Å². The van der Waals surface area contributed by atoms with Crippen molar-refractivity contribution in [2.24, 2.45) is 10.8 Å². The molecule has 0 aromatic carbocycles. The minimum atomic E-state index is -3.23. The summed E-state index contributed by atoms with van der Waals surface area (Å²) in [5, 5.41) is 9.25. The molecule has 2 aliphatic heterocycles. The molecular formula is C8H12O5S. The maximum atomic E-state index is 11.4. The normalized spacial score (nSPS) is 44.9. The first-order valence-corrected chi connectivity index (χ1v) is 6.16. The number of esters is 1. The van der Waals surface area contributed by atoms with Crippen molar-refractivity contribution >= 4 is 15.8 Å². The van der Waals surface area contributed by atoms with Crippen molar-refractivity contribution in [3.05, 3.63) is 0 Å². The Morgan fingerprint density at radius 3 is 2.64 bits per heavy atom. The minimum Gasteiger partial charge on any atom is -0.464 e. The fourth-order valence-electron chi connectivity index (χ4n) is 2.33. The van der Waals surface area contributed by atoms with Crippen LogP contribution in [0.5, 0.6) is 0 Å². The van der Waals surface area contributed by atoms with Crippen molar-refractivity contribution < 1.29 is 23.1 Å². The summed E-state index contributed by atoms with van der Waals surface area (Å²) in [5.41, 5.74) is -1.97. The van der Waals surface area contributed by atoms with Gasteiger partial charge in [-0.15, -0.1) is 0 Å². The smallest absolute Gasteiger partial charge is 0.313 e. The molecule has 0 amide bonds. The minimum absolute atomic E-state index is 0.0120. The van der Waals surface area contributed by atoms with Gasteiger partial charge >= 0.3 is 5.97 Å². The Morgan fingerprint density at radius 1 is 1.50 bits per heavy atom. The van der Waals surface area contributed by atoms with E-state index in [-0.39, 0.29) is 24.7 Å². The van der Waals surface area contributed by atoms with Gasteiger partial charge < -0.3 is 9.84 Å². The molecule has 2 aliphatic rings. The lowest BCUT2D eigenvalue weighted by atomic mass is 9.69. The molecule has 0 saturated carbocycles. The van der Waals surface area contributed by atoms with Gasteiger partial charge in [-0.3, -0.25) is 4.79 Å². The molecule has 0 aromatic rings. The molecule has 0 radical (unpaired) electrons. The summed E-state index contributed by atoms with van der Waals surface area (Å²) in [5.74, 6) is -0.870. The van der Waals surface area contributed by atoms with E-state index in [1.807, 2.05) is 0 Å². The Balaban J connectivity index is 2.54. The van der Waals surface area contributed by atoms with Crippen molar-refractivity contribution in [3.63, 3.8) is 0 Å². The molecule has 2 heterocycles. The average molecular weight is 220 g/mol. The predicted octanol–water partition coefficient (Wildman–Crippen LogP) is -1.04. The van der Waals surface area contributed by atoms with Gasteiger partial charge in [0.15, 0.2) is 9.84 Å². The Labute approximate surface area is 82.0 Å². The molecule has 6 heteroatoms. The lowest BCUT2D eigenvalue weighted by Crippen LogP contribution is -2.42. The van der Waals surface area contributed by atoms with Crippen molar-refractivity contribution in [1.29, 1.82) is 0 Å². The van der Waals surface area contributed by atoms with Crippen molar-refractivity contribution in [3.8, 4) is 0 Å². The summed E-state index contributed by atoms with van der Waals surface area (Å²) < 4.78 is 27.7. The first-order valence-electron chi connectivity index (χ1n) is 4.34. The third-order valence-electron chi connectivity index (χ3n) is 3.41. The standard InChI is InChI=1S/C8H12O5S/c1-7-4-14(11,12)5-8(7,2-9)3-13-6(7)10/h9H,2-5H2,1H3/t7-,8-/m1/s1. The first kappa shape index (κ1) is 9.92. The fraction of sp³-hybridized carbons (Fsp3) is 0.875. The number of aliphatic hydroxyl groups is 1. The van der Waals surface area contributed by atoms with E-state index >= 15 is 0 Å². The van der Waals surface area contributed by atoms with Crippen LogP contribution in [-0.2, 0) is 19.4 Å². The van der Waals surface area contributed by atoms with E-state index < -0.39 is 26.6 Å². The second kappa shape index (κ2) is 2.49. The zero-order chi connectivity index (χ0) is 10.6. The van der Waals surface area contributed by atoms with Crippen molar-refractivity contribution in [1.82, 2.24) is 0 Å². The van der Waals surface area contributed by atoms with E-state index in [0.717, 1.165) is 0 Å². The summed E-state index contributed by atoms with van der Waals surface area (Å²) in [6, 6.07) is 0. The summed E-state index contributed by atoms with van der Waals surface area (Å²) in [7, 11) is -3.23. The van der Waals surface area contributed by atoms with E-state index in [2.05, 4.69) is 0 Å². The highest BCUT2D eigenvalue weighted by atomic mass is 32.2. The van der Waals surface area contributed by atoms with Gasteiger partial charge in [0.2, 0.25) is 0 Å². The fourth-order valence-corrected chi connectivity index (χ4v) is 5.07. The van der Waals surface area contributed by atoms with Crippen LogP contribution < -0.4 is 0 Å². The Morgan fingerprint density at radius 2 is 2.14 bits per heavy atom. The second-order valence-corrected chi connectivity index (χ2v) is 6.44. The highest BCUT2D eigenvalue weighted by Crippen LogP contribution is 2.52. The molecule has 14 heavy (non-hydrogen) atoms. The van der Waals surface area contributed by atoms with Gasteiger partial charge in [0.1, 0.15) is 6.61 Å². The Kier molecular flexibility index (Phi) is 1.76. The number of sulfone groups is 1. The van der Waals surface area contributed by atoms with Crippen LogP contribution in [0.1, 0.15) is 6.92 Å². The predicted molar refractivity (Wildman–Crippen MR) is 47.2 cm³/mol. The molecule has 0 bridgehead atoms. The monoisotopic (exact) mass is 220 g/mol. The van der Waals surface area contributed by atoms with Gasteiger partial charge in [-0.2, -0.15) is 0 Å². The van der Waals surface area contributed by atoms with Crippen LogP contribution in [0.3, 0.4) is 0 Å². The van der Waals surface area contributed by atoms with Gasteiger partial charge in [0.05, 0.1) is 28.9 Å². The molecule has 1 N–H and O–H groups in total. The molecule has 0 aliphatic carbocycles. The van der Waals surface area contributed by atoms with Crippen LogP contribution in [-0.4, -0.2) is 44.2 Å². The van der Waals surface area contributed by atoms with Crippen molar-refractivity contribution in [2.75, 3.05) is 24.7 Å². The summed E-state index contributed by atoms with van der Waals surface area (Å²) in [6.07, 6.45) is 0. The number of hydrogen-bond acceptors (Lipinski definition) is 5. The Hall–Kier alpha value is -0.620. The average Bonchev–Trinajstić information content (AvgIpc) is 2.41. The largest absolute Gasteiger partial charge is 0.464 e. The zero-order valence-corrected chi connectivity index (χ0v) is 8.63. The topological polar surface area (TPSA) is 80.7 Å². The number of aliphatic hydroxyl groups excluding tert-OH is 1. The van der Waals surface area contributed by atoms with E-state index in [0.29, 0.717) is 0 Å². The molecule has 0 unspecified atom stereocenters. The quantitative estimate of drug-likeness (QED) is 0.571. The molecule has 2 saturated heterocycles. The van der Waals surface area contributed by atoms with Crippen LogP contribution in [0.15, 0.2) is 0 Å². The Bertz CT molecular complexity index is 387. The summed E-state index contributed by atoms with van der Waals surface area (Å²) >= 11 is 0. The summed E-state index contributed by atoms with van der Waals surface area (Å²) in [6.45, 7) is 1.25. The molecule has 5 nitrogen and oxygen atoms in total. The number of rotatable bonds is 1. The zero-order valence-electron chi connectivity index (χ0n) is 7.82. The third kappa shape index (κ3) is 0.980. The van der Waals surface area contributed by atoms with Crippen LogP contribution in [0.2, 0.25) is 0 Å². The number of ether oxygens (including phenoxy) is 1. The molecule has 0 spiro atoms. The molecular weight excluding hydrogens is 208 g/mol. The van der Waals surface area contributed by atoms with E-state index in [4.69, 9.17) is 4.74 Å². The number of fused-ring (bicyclic) bond motifs is 1. The number of carbonyl (C=O) groups is 1. The van der Waals surface area contributed by atoms with Crippen LogP contribution in [0.4, 0.5) is 0 Å². The number of hydrogen-bond donors (Lipinski definition) is 1. The maximum Gasteiger partial charge on any atom is 0.313 e. The van der Waals surface area contributed by atoms with Crippen LogP contribution in [0.25, 0.3) is 0 Å². The van der Waals surface area contributed by atoms with Gasteiger partial charge in [0.25, 0.3) is 0 Å².